The molecule has 0 spiro atoms. The zero-order chi connectivity index (χ0) is 11.8. The number of benzene rings is 2. The monoisotopic (exact) mass is 247 g/mol. The van der Waals surface area contributed by atoms with Gasteiger partial charge in [-0.1, -0.05) is 12.1 Å². The molecule has 0 atom stereocenters. The Kier molecular flexibility index (Phi) is 2.37. The lowest BCUT2D eigenvalue weighted by Gasteiger charge is -1.96. The van der Waals surface area contributed by atoms with E-state index in [9.17, 15) is 8.78 Å². The number of hydrogen-bond donors (Lipinski definition) is 0. The summed E-state index contributed by atoms with van der Waals surface area (Å²) in [6, 6.07) is 11.1. The summed E-state index contributed by atoms with van der Waals surface area (Å²) in [5.41, 5.74) is 1.32. The van der Waals surface area contributed by atoms with E-state index in [0.29, 0.717) is 10.6 Å². The van der Waals surface area contributed by atoms with E-state index in [1.807, 2.05) is 24.3 Å². The number of fused-ring (bicyclic) bond motifs is 1. The van der Waals surface area contributed by atoms with Gasteiger partial charge in [-0.05, 0) is 24.3 Å². The normalized spacial score (nSPS) is 10.9. The fraction of sp³-hybridized carbons (Fsp3) is 0. The van der Waals surface area contributed by atoms with Crippen LogP contribution in [0.3, 0.4) is 0 Å². The second-order valence-corrected chi connectivity index (χ2v) is 4.68. The molecule has 1 nitrogen and oxygen atoms in total. The van der Waals surface area contributed by atoms with Gasteiger partial charge in [0.25, 0.3) is 0 Å². The van der Waals surface area contributed by atoms with Crippen molar-refractivity contribution in [3.63, 3.8) is 0 Å². The van der Waals surface area contributed by atoms with Gasteiger partial charge in [0.2, 0.25) is 0 Å². The first-order valence-corrected chi connectivity index (χ1v) is 5.86. The van der Waals surface area contributed by atoms with E-state index in [1.165, 1.54) is 23.5 Å². The summed E-state index contributed by atoms with van der Waals surface area (Å²) in [4.78, 5) is 4.35. The molecule has 3 rings (SSSR count). The molecule has 84 valence electrons. The molecule has 1 heterocycles. The summed E-state index contributed by atoms with van der Waals surface area (Å²) in [6.07, 6.45) is 0. The number of nitrogens with zero attached hydrogens (tertiary/aromatic N) is 1. The van der Waals surface area contributed by atoms with Crippen molar-refractivity contribution in [1.29, 1.82) is 0 Å². The summed E-state index contributed by atoms with van der Waals surface area (Å²) in [5, 5.41) is 0.629. The molecule has 3 aromatic rings. The first-order valence-electron chi connectivity index (χ1n) is 5.04. The van der Waals surface area contributed by atoms with E-state index < -0.39 is 11.6 Å². The SMILES string of the molecule is Fc1cc(F)cc(-c2nc3ccccc3s2)c1. The lowest BCUT2D eigenvalue weighted by molar-refractivity contribution is 0.584. The lowest BCUT2D eigenvalue weighted by Crippen LogP contribution is -1.82. The van der Waals surface area contributed by atoms with Gasteiger partial charge in [0.15, 0.2) is 0 Å². The smallest absolute Gasteiger partial charge is 0.126 e. The predicted molar refractivity (Wildman–Crippen MR) is 65.0 cm³/mol. The maximum Gasteiger partial charge on any atom is 0.126 e. The topological polar surface area (TPSA) is 12.9 Å². The second-order valence-electron chi connectivity index (χ2n) is 3.64. The Balaban J connectivity index is 2.20. The van der Waals surface area contributed by atoms with E-state index in [0.717, 1.165) is 16.3 Å². The van der Waals surface area contributed by atoms with Crippen LogP contribution in [0.2, 0.25) is 0 Å². The van der Waals surface area contributed by atoms with Gasteiger partial charge in [-0.25, -0.2) is 13.8 Å². The van der Waals surface area contributed by atoms with Crippen molar-refractivity contribution >= 4 is 21.6 Å². The highest BCUT2D eigenvalue weighted by Gasteiger charge is 2.08. The fourth-order valence-corrected chi connectivity index (χ4v) is 2.63. The van der Waals surface area contributed by atoms with Crippen LogP contribution >= 0.6 is 11.3 Å². The first kappa shape index (κ1) is 10.4. The van der Waals surface area contributed by atoms with Crippen LogP contribution in [0.5, 0.6) is 0 Å². The molecule has 2 aromatic carbocycles. The highest BCUT2D eigenvalue weighted by molar-refractivity contribution is 7.21. The molecule has 17 heavy (non-hydrogen) atoms. The number of aromatic nitrogens is 1. The number of halogens is 2. The summed E-state index contributed by atoms with van der Waals surface area (Å²) >= 11 is 1.42. The van der Waals surface area contributed by atoms with Crippen LogP contribution in [-0.4, -0.2) is 4.98 Å². The first-order chi connectivity index (χ1) is 8.22. The molecule has 0 radical (unpaired) electrons. The molecule has 1 aromatic heterocycles. The third kappa shape index (κ3) is 1.91. The summed E-state index contributed by atoms with van der Waals surface area (Å²) in [7, 11) is 0. The maximum atomic E-state index is 13.1. The largest absolute Gasteiger partial charge is 0.236 e. The minimum atomic E-state index is -0.584. The Morgan fingerprint density at radius 2 is 1.65 bits per heavy atom. The van der Waals surface area contributed by atoms with Gasteiger partial charge >= 0.3 is 0 Å². The highest BCUT2D eigenvalue weighted by Crippen LogP contribution is 2.30. The van der Waals surface area contributed by atoms with Gasteiger partial charge in [0.1, 0.15) is 16.6 Å². The van der Waals surface area contributed by atoms with Crippen molar-refractivity contribution < 1.29 is 8.78 Å². The van der Waals surface area contributed by atoms with Crippen LogP contribution in [0.25, 0.3) is 20.8 Å². The molecule has 0 amide bonds. The molecule has 0 fully saturated rings. The third-order valence-corrected chi connectivity index (χ3v) is 3.49. The van der Waals surface area contributed by atoms with Gasteiger partial charge < -0.3 is 0 Å². The molecule has 0 bridgehead atoms. The minimum absolute atomic E-state index is 0.476. The Hall–Kier alpha value is -1.81. The van der Waals surface area contributed by atoms with Crippen molar-refractivity contribution in [3.8, 4) is 10.6 Å². The van der Waals surface area contributed by atoms with Crippen molar-refractivity contribution in [2.75, 3.05) is 0 Å². The van der Waals surface area contributed by atoms with Crippen LogP contribution < -0.4 is 0 Å². The molecule has 4 heteroatoms. The number of rotatable bonds is 1. The lowest BCUT2D eigenvalue weighted by atomic mass is 10.2. The molecule has 0 aliphatic rings. The maximum absolute atomic E-state index is 13.1. The van der Waals surface area contributed by atoms with Crippen LogP contribution in [0.15, 0.2) is 42.5 Å². The highest BCUT2D eigenvalue weighted by atomic mass is 32.1. The zero-order valence-corrected chi connectivity index (χ0v) is 9.47. The average molecular weight is 247 g/mol. The van der Waals surface area contributed by atoms with E-state index >= 15 is 0 Å². The van der Waals surface area contributed by atoms with Crippen molar-refractivity contribution in [3.05, 3.63) is 54.1 Å². The van der Waals surface area contributed by atoms with E-state index in [-0.39, 0.29) is 0 Å². The molecule has 0 aliphatic carbocycles. The van der Waals surface area contributed by atoms with Gasteiger partial charge in [-0.2, -0.15) is 0 Å². The second kappa shape index (κ2) is 3.89. The Labute approximate surface area is 100 Å². The van der Waals surface area contributed by atoms with Gasteiger partial charge in [-0.15, -0.1) is 11.3 Å². The molecule has 0 unspecified atom stereocenters. The quantitative estimate of drug-likeness (QED) is 0.626. The van der Waals surface area contributed by atoms with Crippen molar-refractivity contribution in [2.45, 2.75) is 0 Å². The molecule has 0 saturated heterocycles. The summed E-state index contributed by atoms with van der Waals surface area (Å²) in [6.45, 7) is 0. The fourth-order valence-electron chi connectivity index (χ4n) is 1.67. The van der Waals surface area contributed by atoms with Crippen LogP contribution in [0.4, 0.5) is 8.78 Å². The molecule has 0 N–H and O–H groups in total. The Morgan fingerprint density at radius 3 is 2.35 bits per heavy atom. The van der Waals surface area contributed by atoms with E-state index in [4.69, 9.17) is 0 Å². The molecular formula is C13H7F2NS. The standard InChI is InChI=1S/C13H7F2NS/c14-9-5-8(6-10(15)7-9)13-16-11-3-1-2-4-12(11)17-13/h1-7H. The average Bonchev–Trinajstić information content (AvgIpc) is 2.71. The van der Waals surface area contributed by atoms with Gasteiger partial charge in [0.05, 0.1) is 10.2 Å². The van der Waals surface area contributed by atoms with E-state index in [1.54, 1.807) is 0 Å². The minimum Gasteiger partial charge on any atom is -0.236 e. The molecular weight excluding hydrogens is 240 g/mol. The third-order valence-electron chi connectivity index (χ3n) is 2.40. The van der Waals surface area contributed by atoms with Crippen LogP contribution in [0.1, 0.15) is 0 Å². The Bertz CT molecular complexity index is 637. The number of thiazole rings is 1. The van der Waals surface area contributed by atoms with Gasteiger partial charge in [0, 0.05) is 11.6 Å². The Morgan fingerprint density at radius 1 is 0.941 bits per heavy atom. The summed E-state index contributed by atoms with van der Waals surface area (Å²) < 4.78 is 27.2. The van der Waals surface area contributed by atoms with Crippen molar-refractivity contribution in [2.24, 2.45) is 0 Å². The molecule has 0 saturated carbocycles. The zero-order valence-electron chi connectivity index (χ0n) is 8.65. The van der Waals surface area contributed by atoms with Crippen LogP contribution in [-0.2, 0) is 0 Å². The van der Waals surface area contributed by atoms with Crippen LogP contribution in [0, 0.1) is 11.6 Å². The summed E-state index contributed by atoms with van der Waals surface area (Å²) in [5.74, 6) is -1.17. The van der Waals surface area contributed by atoms with E-state index in [2.05, 4.69) is 4.98 Å². The van der Waals surface area contributed by atoms with Crippen molar-refractivity contribution in [1.82, 2.24) is 4.98 Å². The van der Waals surface area contributed by atoms with Gasteiger partial charge in [-0.3, -0.25) is 0 Å². The number of hydrogen-bond acceptors (Lipinski definition) is 2. The molecule has 0 aliphatic heterocycles. The predicted octanol–water partition coefficient (Wildman–Crippen LogP) is 4.24. The number of para-hydroxylation sites is 1.